The van der Waals surface area contributed by atoms with E-state index in [1.807, 2.05) is 24.8 Å². The van der Waals surface area contributed by atoms with Crippen molar-refractivity contribution in [2.75, 3.05) is 25.0 Å². The summed E-state index contributed by atoms with van der Waals surface area (Å²) in [7, 11) is 0. The number of aliphatic imine (C=N–C) groups is 1. The van der Waals surface area contributed by atoms with E-state index < -0.39 is 11.7 Å². The zero-order chi connectivity index (χ0) is 22.9. The zero-order valence-electron chi connectivity index (χ0n) is 18.0. The number of halogens is 3. The van der Waals surface area contributed by atoms with Crippen molar-refractivity contribution in [1.29, 1.82) is 0 Å². The first-order valence-corrected chi connectivity index (χ1v) is 10.7. The van der Waals surface area contributed by atoms with Gasteiger partial charge >= 0.3 is 6.18 Å². The number of likely N-dealkylation sites (tertiary alicyclic amines) is 1. The van der Waals surface area contributed by atoms with E-state index in [-0.39, 0.29) is 29.5 Å². The SMILES string of the molecule is CC(C)c1cc(C2CCCN(C(=O)CC3=NC3)C2)nc(Nc2cc(C(F)(F)F)ccn2)n1. The fraction of sp³-hybridized carbons (Fsp3) is 0.500. The number of rotatable bonds is 6. The van der Waals surface area contributed by atoms with Crippen molar-refractivity contribution in [3.63, 3.8) is 0 Å². The number of pyridine rings is 1. The number of hydrogen-bond donors (Lipinski definition) is 1. The van der Waals surface area contributed by atoms with Crippen LogP contribution in [0, 0.1) is 0 Å². The van der Waals surface area contributed by atoms with Crippen LogP contribution in [0.25, 0.3) is 0 Å². The average molecular weight is 446 g/mol. The summed E-state index contributed by atoms with van der Waals surface area (Å²) in [5.74, 6) is 0.437. The van der Waals surface area contributed by atoms with Gasteiger partial charge in [0.05, 0.1) is 24.2 Å². The quantitative estimate of drug-likeness (QED) is 0.715. The van der Waals surface area contributed by atoms with E-state index in [0.717, 1.165) is 48.3 Å². The lowest BCUT2D eigenvalue weighted by atomic mass is 9.93. The maximum absolute atomic E-state index is 13.0. The molecule has 4 heterocycles. The highest BCUT2D eigenvalue weighted by Gasteiger charge is 2.31. The van der Waals surface area contributed by atoms with Crippen molar-refractivity contribution in [2.24, 2.45) is 4.99 Å². The molecular weight excluding hydrogens is 421 g/mol. The molecule has 2 aliphatic heterocycles. The summed E-state index contributed by atoms with van der Waals surface area (Å²) in [6.45, 7) is 5.94. The van der Waals surface area contributed by atoms with Gasteiger partial charge in [-0.2, -0.15) is 13.2 Å². The predicted octanol–water partition coefficient (Wildman–Crippen LogP) is 4.31. The Morgan fingerprint density at radius 2 is 2.06 bits per heavy atom. The first-order chi connectivity index (χ1) is 15.2. The molecule has 1 fully saturated rings. The number of alkyl halides is 3. The number of carbonyl (C=O) groups is 1. The topological polar surface area (TPSA) is 83.4 Å². The molecule has 170 valence electrons. The second-order valence-corrected chi connectivity index (χ2v) is 8.49. The van der Waals surface area contributed by atoms with Crippen LogP contribution in [0.2, 0.25) is 0 Å². The highest BCUT2D eigenvalue weighted by molar-refractivity contribution is 6.08. The third-order valence-corrected chi connectivity index (χ3v) is 5.61. The molecule has 10 heteroatoms. The van der Waals surface area contributed by atoms with Crippen LogP contribution in [0.4, 0.5) is 24.9 Å². The molecule has 1 amide bonds. The van der Waals surface area contributed by atoms with Crippen molar-refractivity contribution >= 4 is 23.4 Å². The molecule has 0 spiro atoms. The molecule has 1 atom stereocenters. The van der Waals surface area contributed by atoms with Gasteiger partial charge in [0.15, 0.2) is 0 Å². The van der Waals surface area contributed by atoms with Gasteiger partial charge in [-0.1, -0.05) is 13.8 Å². The van der Waals surface area contributed by atoms with Gasteiger partial charge in [-0.25, -0.2) is 15.0 Å². The number of carbonyl (C=O) groups excluding carboxylic acids is 1. The standard InChI is InChI=1S/C22H25F3N6O/c1-13(2)17-10-18(14-4-3-7-31(12-14)20(32)9-16-11-27-16)29-21(28-17)30-19-8-15(5-6-26-19)22(23,24)25/h5-6,8,10,13-14H,3-4,7,9,11-12H2,1-2H3,(H,26,28,29,30). The molecule has 0 aromatic carbocycles. The van der Waals surface area contributed by atoms with Gasteiger partial charge < -0.3 is 10.2 Å². The van der Waals surface area contributed by atoms with E-state index in [2.05, 4.69) is 25.3 Å². The van der Waals surface area contributed by atoms with Gasteiger partial charge in [0, 0.05) is 36.6 Å². The Bertz CT molecular complexity index is 1040. The van der Waals surface area contributed by atoms with Gasteiger partial charge in [-0.3, -0.25) is 9.79 Å². The molecule has 0 radical (unpaired) electrons. The van der Waals surface area contributed by atoms with Crippen molar-refractivity contribution in [3.05, 3.63) is 41.3 Å². The second kappa shape index (κ2) is 8.84. The summed E-state index contributed by atoms with van der Waals surface area (Å²) in [5, 5.41) is 2.83. The lowest BCUT2D eigenvalue weighted by Crippen LogP contribution is -2.39. The lowest BCUT2D eigenvalue weighted by molar-refractivity contribution is -0.137. The molecule has 1 N–H and O–H groups in total. The van der Waals surface area contributed by atoms with Crippen LogP contribution in [-0.4, -0.2) is 51.1 Å². The van der Waals surface area contributed by atoms with Crippen LogP contribution in [0.1, 0.15) is 61.9 Å². The first kappa shape index (κ1) is 22.2. The largest absolute Gasteiger partial charge is 0.416 e. The monoisotopic (exact) mass is 446 g/mol. The lowest BCUT2D eigenvalue weighted by Gasteiger charge is -2.32. The Kier molecular flexibility index (Phi) is 6.12. The van der Waals surface area contributed by atoms with Gasteiger partial charge in [0.1, 0.15) is 5.82 Å². The van der Waals surface area contributed by atoms with Crippen LogP contribution >= 0.6 is 0 Å². The summed E-state index contributed by atoms with van der Waals surface area (Å²) < 4.78 is 39.1. The molecule has 1 unspecified atom stereocenters. The van der Waals surface area contributed by atoms with Gasteiger partial charge in [-0.05, 0) is 37.0 Å². The number of nitrogens with zero attached hydrogens (tertiary/aromatic N) is 5. The number of anilines is 2. The fourth-order valence-corrected chi connectivity index (χ4v) is 3.74. The Hall–Kier alpha value is -3.04. The van der Waals surface area contributed by atoms with Crippen molar-refractivity contribution in [2.45, 2.75) is 51.1 Å². The van der Waals surface area contributed by atoms with E-state index in [1.165, 1.54) is 0 Å². The number of aromatic nitrogens is 3. The molecule has 0 saturated carbocycles. The van der Waals surface area contributed by atoms with E-state index in [1.54, 1.807) is 0 Å². The van der Waals surface area contributed by atoms with E-state index in [9.17, 15) is 18.0 Å². The highest BCUT2D eigenvalue weighted by atomic mass is 19.4. The number of hydrogen-bond acceptors (Lipinski definition) is 6. The van der Waals surface area contributed by atoms with Crippen LogP contribution in [0.3, 0.4) is 0 Å². The number of amides is 1. The van der Waals surface area contributed by atoms with E-state index in [0.29, 0.717) is 26.1 Å². The summed E-state index contributed by atoms with van der Waals surface area (Å²) in [4.78, 5) is 31.5. The molecule has 0 aliphatic carbocycles. The summed E-state index contributed by atoms with van der Waals surface area (Å²) in [6, 6.07) is 3.79. The zero-order valence-corrected chi connectivity index (χ0v) is 18.0. The molecule has 2 aromatic rings. The van der Waals surface area contributed by atoms with Gasteiger partial charge in [0.25, 0.3) is 0 Å². The smallest absolute Gasteiger partial charge is 0.342 e. The van der Waals surface area contributed by atoms with Gasteiger partial charge in [0.2, 0.25) is 11.9 Å². The second-order valence-electron chi connectivity index (χ2n) is 8.49. The van der Waals surface area contributed by atoms with E-state index >= 15 is 0 Å². The maximum Gasteiger partial charge on any atom is 0.416 e. The van der Waals surface area contributed by atoms with Crippen molar-refractivity contribution < 1.29 is 18.0 Å². The Balaban J connectivity index is 1.56. The summed E-state index contributed by atoms with van der Waals surface area (Å²) in [6.07, 6.45) is -1.24. The highest BCUT2D eigenvalue weighted by Crippen LogP contribution is 2.32. The summed E-state index contributed by atoms with van der Waals surface area (Å²) >= 11 is 0. The molecule has 7 nitrogen and oxygen atoms in total. The molecule has 1 saturated heterocycles. The van der Waals surface area contributed by atoms with Crippen LogP contribution in [-0.2, 0) is 11.0 Å². The van der Waals surface area contributed by atoms with Crippen LogP contribution in [0.5, 0.6) is 0 Å². The van der Waals surface area contributed by atoms with Gasteiger partial charge in [-0.15, -0.1) is 0 Å². The minimum absolute atomic E-state index is 0.0253. The molecule has 32 heavy (non-hydrogen) atoms. The average Bonchev–Trinajstić information content (AvgIpc) is 3.57. The van der Waals surface area contributed by atoms with Crippen LogP contribution in [0.15, 0.2) is 29.4 Å². The molecule has 0 bridgehead atoms. The first-order valence-electron chi connectivity index (χ1n) is 10.7. The fourth-order valence-electron chi connectivity index (χ4n) is 3.74. The number of piperidine rings is 1. The number of nitrogens with one attached hydrogen (secondary N) is 1. The third kappa shape index (κ3) is 5.41. The molecular formula is C22H25F3N6O. The molecule has 4 rings (SSSR count). The minimum atomic E-state index is -4.46. The predicted molar refractivity (Wildman–Crippen MR) is 114 cm³/mol. The summed E-state index contributed by atoms with van der Waals surface area (Å²) in [5.41, 5.74) is 1.71. The Morgan fingerprint density at radius 3 is 2.75 bits per heavy atom. The van der Waals surface area contributed by atoms with Crippen LogP contribution < -0.4 is 5.32 Å². The third-order valence-electron chi connectivity index (χ3n) is 5.61. The van der Waals surface area contributed by atoms with E-state index in [4.69, 9.17) is 0 Å². The Labute approximate surface area is 184 Å². The molecule has 2 aliphatic rings. The Morgan fingerprint density at radius 1 is 1.28 bits per heavy atom. The minimum Gasteiger partial charge on any atom is -0.342 e. The molecule has 2 aromatic heterocycles. The maximum atomic E-state index is 13.0. The van der Waals surface area contributed by atoms with Crippen molar-refractivity contribution in [3.8, 4) is 0 Å². The van der Waals surface area contributed by atoms with Crippen molar-refractivity contribution in [1.82, 2.24) is 19.9 Å². The normalized spacial score (nSPS) is 18.5.